The van der Waals surface area contributed by atoms with Crippen LogP contribution in [-0.4, -0.2) is 159 Å². The molecule has 1 fully saturated rings. The number of hydrogen-bond donors (Lipinski definition) is 13. The molecular formula is C40H70N12O13. The van der Waals surface area contributed by atoms with Gasteiger partial charge in [0.2, 0.25) is 47.3 Å². The molecule has 0 aliphatic carbocycles. The molecule has 65 heavy (non-hydrogen) atoms. The number of nitrogens with two attached hydrogens (primary N) is 3. The van der Waals surface area contributed by atoms with Gasteiger partial charge in [-0.25, -0.2) is 0 Å². The summed E-state index contributed by atoms with van der Waals surface area (Å²) in [5.74, 6) is -10.3. The van der Waals surface area contributed by atoms with Gasteiger partial charge < -0.3 is 74.6 Å². The van der Waals surface area contributed by atoms with Gasteiger partial charge in [-0.3, -0.25) is 52.9 Å². The number of aliphatic hydroxyl groups is 1. The molecule has 1 aliphatic rings. The maximum absolute atomic E-state index is 13.7. The van der Waals surface area contributed by atoms with Crippen molar-refractivity contribution in [2.75, 3.05) is 13.1 Å². The quantitative estimate of drug-likeness (QED) is 0.0211. The first-order valence-corrected chi connectivity index (χ1v) is 21.5. The summed E-state index contributed by atoms with van der Waals surface area (Å²) in [7, 11) is 0. The van der Waals surface area contributed by atoms with E-state index >= 15 is 0 Å². The number of amides is 8. The number of carboxylic acids is 2. The lowest BCUT2D eigenvalue weighted by Gasteiger charge is -2.29. The zero-order chi connectivity index (χ0) is 49.9. The third-order valence-corrected chi connectivity index (χ3v) is 10.2. The summed E-state index contributed by atoms with van der Waals surface area (Å²) >= 11 is 0. The molecule has 1 heterocycles. The van der Waals surface area contributed by atoms with Gasteiger partial charge in [0.1, 0.15) is 48.3 Å². The fraction of sp³-hybridized carbons (Fsp3) is 0.725. The van der Waals surface area contributed by atoms with Crippen LogP contribution < -0.4 is 54.4 Å². The van der Waals surface area contributed by atoms with E-state index in [4.69, 9.17) is 17.2 Å². The number of carboxylic acid groups (broad SMARTS) is 2. The van der Waals surface area contributed by atoms with Gasteiger partial charge in [-0.15, -0.1) is 0 Å². The lowest BCUT2D eigenvalue weighted by Crippen LogP contribution is -2.62. The minimum atomic E-state index is -1.71. The summed E-state index contributed by atoms with van der Waals surface area (Å²) in [5, 5.41) is 46.2. The third-order valence-electron chi connectivity index (χ3n) is 10.2. The van der Waals surface area contributed by atoms with E-state index in [0.717, 1.165) is 0 Å². The molecule has 1 saturated heterocycles. The van der Waals surface area contributed by atoms with E-state index in [1.807, 2.05) is 0 Å². The van der Waals surface area contributed by atoms with Crippen molar-refractivity contribution in [2.45, 2.75) is 161 Å². The van der Waals surface area contributed by atoms with E-state index in [-0.39, 0.29) is 37.7 Å². The van der Waals surface area contributed by atoms with Crippen LogP contribution in [0.15, 0.2) is 4.99 Å². The van der Waals surface area contributed by atoms with Crippen LogP contribution in [0, 0.1) is 11.8 Å². The molecule has 16 N–H and O–H groups in total. The van der Waals surface area contributed by atoms with E-state index in [0.29, 0.717) is 19.4 Å². The summed E-state index contributed by atoms with van der Waals surface area (Å²) in [6.07, 6.45) is -1.49. The Morgan fingerprint density at radius 1 is 0.662 bits per heavy atom. The van der Waals surface area contributed by atoms with E-state index in [1.54, 1.807) is 13.8 Å². The monoisotopic (exact) mass is 927 g/mol. The number of carbonyl (C=O) groups is 10. The second-order valence-electron chi connectivity index (χ2n) is 16.9. The number of rotatable bonds is 27. The molecule has 0 aromatic rings. The number of carbonyl (C=O) groups excluding carboxylic acids is 8. The van der Waals surface area contributed by atoms with Crippen molar-refractivity contribution in [3.63, 3.8) is 0 Å². The molecule has 0 unspecified atom stereocenters. The van der Waals surface area contributed by atoms with Crippen LogP contribution in [-0.2, 0) is 47.9 Å². The minimum absolute atomic E-state index is 0.00671. The molecule has 0 radical (unpaired) electrons. The summed E-state index contributed by atoms with van der Waals surface area (Å²) in [4.78, 5) is 135. The largest absolute Gasteiger partial charge is 0.481 e. The SMILES string of the molecule is CC(C)C[C@H](NC(=O)[C@H](CCC(=O)O)NC(=O)[C@@H](NC(=O)[C@@H](NC(=O)[C@H](C)NC(=O)[C@H](CCCN=C(N)N)NC(=O)[C@@H]1CCCN1C(=O)[C@H](C)N)[C@@H](C)O)C(C)C)C(=O)N[C@@H](C)C(=O)O. The van der Waals surface area contributed by atoms with E-state index in [2.05, 4.69) is 42.2 Å². The lowest BCUT2D eigenvalue weighted by molar-refractivity contribution is -0.142. The molecule has 0 saturated carbocycles. The molecular weight excluding hydrogens is 857 g/mol. The zero-order valence-corrected chi connectivity index (χ0v) is 38.3. The molecule has 0 bridgehead atoms. The van der Waals surface area contributed by atoms with Gasteiger partial charge >= 0.3 is 11.9 Å². The first kappa shape index (κ1) is 56.9. The highest BCUT2D eigenvalue weighted by atomic mass is 16.4. The number of aliphatic carboxylic acids is 2. The number of aliphatic imine (C=N–C) groups is 1. The number of nitrogens with zero attached hydrogens (tertiary/aromatic N) is 2. The molecule has 1 aliphatic heterocycles. The smallest absolute Gasteiger partial charge is 0.325 e. The second-order valence-corrected chi connectivity index (χ2v) is 16.9. The van der Waals surface area contributed by atoms with Crippen molar-refractivity contribution in [3.8, 4) is 0 Å². The van der Waals surface area contributed by atoms with Crippen molar-refractivity contribution in [2.24, 2.45) is 34.0 Å². The molecule has 0 aromatic heterocycles. The van der Waals surface area contributed by atoms with E-state index in [1.165, 1.54) is 46.4 Å². The number of likely N-dealkylation sites (tertiary alicyclic amines) is 1. The molecule has 0 aromatic carbocycles. The van der Waals surface area contributed by atoms with Gasteiger partial charge in [0.25, 0.3) is 0 Å². The maximum atomic E-state index is 13.7. The zero-order valence-electron chi connectivity index (χ0n) is 38.3. The Hall–Kier alpha value is -6.11. The Morgan fingerprint density at radius 3 is 1.71 bits per heavy atom. The highest BCUT2D eigenvalue weighted by Gasteiger charge is 2.38. The first-order chi connectivity index (χ1) is 30.2. The summed E-state index contributed by atoms with van der Waals surface area (Å²) < 4.78 is 0. The Bertz CT molecular complexity index is 1740. The fourth-order valence-electron chi connectivity index (χ4n) is 6.60. The Balaban J connectivity index is 3.22. The average molecular weight is 927 g/mol. The second kappa shape index (κ2) is 27.3. The maximum Gasteiger partial charge on any atom is 0.325 e. The Labute approximate surface area is 377 Å². The van der Waals surface area contributed by atoms with Gasteiger partial charge in [-0.1, -0.05) is 27.7 Å². The normalized spacial score (nSPS) is 17.7. The van der Waals surface area contributed by atoms with Crippen LogP contribution in [0.4, 0.5) is 0 Å². The predicted molar refractivity (Wildman–Crippen MR) is 234 cm³/mol. The van der Waals surface area contributed by atoms with Gasteiger partial charge in [-0.05, 0) is 78.1 Å². The molecule has 25 nitrogen and oxygen atoms in total. The molecule has 8 amide bonds. The van der Waals surface area contributed by atoms with Crippen LogP contribution in [0.2, 0.25) is 0 Å². The van der Waals surface area contributed by atoms with E-state index < -0.39 is 138 Å². The molecule has 368 valence electrons. The molecule has 1 rings (SSSR count). The van der Waals surface area contributed by atoms with Gasteiger partial charge in [-0.2, -0.15) is 0 Å². The Morgan fingerprint density at radius 2 is 1.18 bits per heavy atom. The summed E-state index contributed by atoms with van der Waals surface area (Å²) in [5.41, 5.74) is 16.6. The van der Waals surface area contributed by atoms with Gasteiger partial charge in [0.05, 0.1) is 12.1 Å². The predicted octanol–water partition coefficient (Wildman–Crippen LogP) is -4.16. The Kier molecular flexibility index (Phi) is 23.9. The standard InChI is InChI=1S/C40H70N12O13/c1-18(2)17-26(34(59)46-22(7)39(64)65)49-33(58)25(13-14-28(54)55)48-36(61)29(19(3)4)50-37(62)30(23(8)53)51-31(56)21(6)45-32(57)24(11-9-15-44-40(42)43)47-35(60)27-12-10-16-52(27)38(63)20(5)41/h18-27,29-30,53H,9-17,41H2,1-8H3,(H,45,57)(H,46,59)(H,47,60)(H,48,61)(H,49,58)(H,50,62)(H,51,56)(H,54,55)(H,64,65)(H4,42,43,44)/t20-,21-,22-,23+,24-,25-,26-,27-,29-,30-/m0/s1. The van der Waals surface area contributed by atoms with Crippen LogP contribution in [0.5, 0.6) is 0 Å². The number of hydrogen-bond acceptors (Lipinski definition) is 13. The van der Waals surface area contributed by atoms with Crippen LogP contribution in [0.3, 0.4) is 0 Å². The minimum Gasteiger partial charge on any atom is -0.481 e. The number of guanidine groups is 1. The van der Waals surface area contributed by atoms with E-state index in [9.17, 15) is 63.3 Å². The highest BCUT2D eigenvalue weighted by Crippen LogP contribution is 2.19. The average Bonchev–Trinajstić information content (AvgIpc) is 3.70. The van der Waals surface area contributed by atoms with Crippen LogP contribution >= 0.6 is 0 Å². The van der Waals surface area contributed by atoms with Crippen molar-refractivity contribution >= 4 is 65.2 Å². The van der Waals surface area contributed by atoms with Crippen molar-refractivity contribution in [3.05, 3.63) is 0 Å². The molecule has 25 heteroatoms. The molecule has 10 atom stereocenters. The fourth-order valence-corrected chi connectivity index (χ4v) is 6.60. The first-order valence-electron chi connectivity index (χ1n) is 21.5. The number of nitrogens with one attached hydrogen (secondary N) is 7. The molecule has 0 spiro atoms. The summed E-state index contributed by atoms with van der Waals surface area (Å²) in [6, 6.07) is -11.6. The topological polar surface area (TPSA) is 409 Å². The van der Waals surface area contributed by atoms with Crippen LogP contribution in [0.1, 0.15) is 100 Å². The van der Waals surface area contributed by atoms with Crippen molar-refractivity contribution in [1.29, 1.82) is 0 Å². The third kappa shape index (κ3) is 19.7. The lowest BCUT2D eigenvalue weighted by atomic mass is 10.00. The van der Waals surface area contributed by atoms with Gasteiger partial charge in [0.15, 0.2) is 5.96 Å². The summed E-state index contributed by atoms with van der Waals surface area (Å²) in [6.45, 7) is 12.1. The number of aliphatic hydroxyl groups excluding tert-OH is 1. The highest BCUT2D eigenvalue weighted by molar-refractivity contribution is 5.98. The van der Waals surface area contributed by atoms with Crippen molar-refractivity contribution in [1.82, 2.24) is 42.1 Å². The van der Waals surface area contributed by atoms with Gasteiger partial charge in [0, 0.05) is 19.5 Å². The van der Waals surface area contributed by atoms with Crippen molar-refractivity contribution < 1.29 is 63.3 Å². The van der Waals surface area contributed by atoms with Crippen LogP contribution in [0.25, 0.3) is 0 Å².